The number of alkyl halides is 1. The number of rotatable bonds is 3. The van der Waals surface area contributed by atoms with Gasteiger partial charge in [0.15, 0.2) is 0 Å². The number of hydrogen-bond acceptors (Lipinski definition) is 2. The monoisotopic (exact) mass is 158 g/mol. The Morgan fingerprint density at radius 1 is 1.73 bits per heavy atom. The Hall–Kier alpha value is -0.900. The van der Waals surface area contributed by atoms with E-state index >= 15 is 0 Å². The van der Waals surface area contributed by atoms with Crippen LogP contribution in [0.4, 0.5) is 4.39 Å². The van der Waals surface area contributed by atoms with Crippen LogP contribution in [-0.2, 0) is 13.2 Å². The second-order valence-corrected chi connectivity index (χ2v) is 2.35. The summed E-state index contributed by atoms with van der Waals surface area (Å²) in [5, 5.41) is 12.6. The van der Waals surface area contributed by atoms with Gasteiger partial charge in [-0.25, -0.2) is 4.39 Å². The number of aryl methyl sites for hydroxylation is 2. The standard InChI is InChI=1S/C7H11FN2O/c1-6-4-7(5-11)9-10(6)3-2-8/h4,11H,2-3,5H2,1H3. The maximum Gasteiger partial charge on any atom is 0.109 e. The Balaban J connectivity index is 2.79. The lowest BCUT2D eigenvalue weighted by Gasteiger charge is -1.97. The summed E-state index contributed by atoms with van der Waals surface area (Å²) < 4.78 is 13.4. The molecule has 0 amide bonds. The van der Waals surface area contributed by atoms with Crippen molar-refractivity contribution in [1.82, 2.24) is 9.78 Å². The average Bonchev–Trinajstić information content (AvgIpc) is 2.33. The highest BCUT2D eigenvalue weighted by atomic mass is 19.1. The van der Waals surface area contributed by atoms with Crippen molar-refractivity contribution >= 4 is 0 Å². The molecule has 11 heavy (non-hydrogen) atoms. The van der Waals surface area contributed by atoms with Crippen LogP contribution < -0.4 is 0 Å². The third kappa shape index (κ3) is 1.77. The average molecular weight is 158 g/mol. The minimum absolute atomic E-state index is 0.0832. The molecular weight excluding hydrogens is 147 g/mol. The molecule has 0 aliphatic heterocycles. The molecule has 1 N–H and O–H groups in total. The molecule has 1 aromatic heterocycles. The van der Waals surface area contributed by atoms with Crippen LogP contribution in [0.25, 0.3) is 0 Å². The van der Waals surface area contributed by atoms with Crippen LogP contribution in [0.5, 0.6) is 0 Å². The van der Waals surface area contributed by atoms with Gasteiger partial charge < -0.3 is 5.11 Å². The topological polar surface area (TPSA) is 38.1 Å². The lowest BCUT2D eigenvalue weighted by atomic mass is 10.4. The maximum atomic E-state index is 11.8. The van der Waals surface area contributed by atoms with Gasteiger partial charge in [-0.1, -0.05) is 0 Å². The van der Waals surface area contributed by atoms with E-state index in [1.165, 1.54) is 0 Å². The van der Waals surface area contributed by atoms with Crippen molar-refractivity contribution in [3.05, 3.63) is 17.5 Å². The molecule has 3 nitrogen and oxygen atoms in total. The van der Waals surface area contributed by atoms with Crippen LogP contribution in [0.2, 0.25) is 0 Å². The second kappa shape index (κ2) is 3.48. The Bertz CT molecular complexity index is 234. The third-order valence-electron chi connectivity index (χ3n) is 1.49. The molecule has 0 fully saturated rings. The van der Waals surface area contributed by atoms with E-state index in [2.05, 4.69) is 5.10 Å². The quantitative estimate of drug-likeness (QED) is 0.701. The van der Waals surface area contributed by atoms with E-state index in [1.54, 1.807) is 10.7 Å². The van der Waals surface area contributed by atoms with Crippen LogP contribution in [0, 0.1) is 6.92 Å². The first-order valence-corrected chi connectivity index (χ1v) is 3.48. The summed E-state index contributed by atoms with van der Waals surface area (Å²) in [6.07, 6.45) is 0. The third-order valence-corrected chi connectivity index (χ3v) is 1.49. The molecule has 1 aromatic rings. The molecule has 0 aliphatic carbocycles. The summed E-state index contributed by atoms with van der Waals surface area (Å²) in [6, 6.07) is 1.75. The number of halogens is 1. The fourth-order valence-electron chi connectivity index (χ4n) is 0.962. The Morgan fingerprint density at radius 3 is 2.91 bits per heavy atom. The van der Waals surface area contributed by atoms with Crippen molar-refractivity contribution in [1.29, 1.82) is 0 Å². The number of nitrogens with zero attached hydrogens (tertiary/aromatic N) is 2. The molecule has 0 atom stereocenters. The first-order valence-electron chi connectivity index (χ1n) is 3.48. The van der Waals surface area contributed by atoms with E-state index in [0.29, 0.717) is 5.69 Å². The zero-order valence-electron chi connectivity index (χ0n) is 6.42. The highest BCUT2D eigenvalue weighted by Crippen LogP contribution is 2.02. The Kier molecular flexibility index (Phi) is 2.59. The minimum Gasteiger partial charge on any atom is -0.390 e. The molecule has 62 valence electrons. The molecule has 0 unspecified atom stereocenters. The van der Waals surface area contributed by atoms with E-state index in [-0.39, 0.29) is 13.2 Å². The smallest absolute Gasteiger partial charge is 0.109 e. The molecule has 0 bridgehead atoms. The SMILES string of the molecule is Cc1cc(CO)nn1CCF. The molecule has 0 saturated heterocycles. The molecular formula is C7H11FN2O. The molecule has 0 spiro atoms. The van der Waals surface area contributed by atoms with Gasteiger partial charge in [0.1, 0.15) is 6.67 Å². The first kappa shape index (κ1) is 8.20. The van der Waals surface area contributed by atoms with Crippen LogP contribution in [0.15, 0.2) is 6.07 Å². The Labute approximate surface area is 64.5 Å². The normalized spacial score (nSPS) is 10.5. The van der Waals surface area contributed by atoms with Crippen LogP contribution in [0.1, 0.15) is 11.4 Å². The van der Waals surface area contributed by atoms with Crippen molar-refractivity contribution in [2.45, 2.75) is 20.1 Å². The fraction of sp³-hybridized carbons (Fsp3) is 0.571. The van der Waals surface area contributed by atoms with Crippen LogP contribution >= 0.6 is 0 Å². The summed E-state index contributed by atoms with van der Waals surface area (Å²) in [5.74, 6) is 0. The zero-order chi connectivity index (χ0) is 8.27. The number of hydrogen-bond donors (Lipinski definition) is 1. The van der Waals surface area contributed by atoms with Gasteiger partial charge in [0.05, 0.1) is 18.8 Å². The van der Waals surface area contributed by atoms with Crippen molar-refractivity contribution in [2.24, 2.45) is 0 Å². The van der Waals surface area contributed by atoms with Crippen molar-refractivity contribution in [2.75, 3.05) is 6.67 Å². The number of aliphatic hydroxyl groups is 1. The van der Waals surface area contributed by atoms with Gasteiger partial charge in [0, 0.05) is 5.69 Å². The van der Waals surface area contributed by atoms with Gasteiger partial charge in [-0.2, -0.15) is 5.10 Å². The predicted molar refractivity (Wildman–Crippen MR) is 38.9 cm³/mol. The predicted octanol–water partition coefficient (Wildman–Crippen LogP) is 0.653. The van der Waals surface area contributed by atoms with E-state index in [9.17, 15) is 4.39 Å². The lowest BCUT2D eigenvalue weighted by molar-refractivity contribution is 0.274. The molecule has 1 heterocycles. The molecule has 0 aliphatic rings. The summed E-state index contributed by atoms with van der Waals surface area (Å²) in [4.78, 5) is 0. The van der Waals surface area contributed by atoms with Crippen molar-refractivity contribution < 1.29 is 9.50 Å². The Morgan fingerprint density at radius 2 is 2.45 bits per heavy atom. The zero-order valence-corrected chi connectivity index (χ0v) is 6.42. The van der Waals surface area contributed by atoms with Crippen LogP contribution in [-0.4, -0.2) is 21.6 Å². The van der Waals surface area contributed by atoms with Gasteiger partial charge in [-0.3, -0.25) is 4.68 Å². The molecule has 0 aromatic carbocycles. The van der Waals surface area contributed by atoms with Crippen molar-refractivity contribution in [3.8, 4) is 0 Å². The summed E-state index contributed by atoms with van der Waals surface area (Å²) in [5.41, 5.74) is 1.47. The molecule has 4 heteroatoms. The molecule has 0 saturated carbocycles. The summed E-state index contributed by atoms with van der Waals surface area (Å²) in [7, 11) is 0. The van der Waals surface area contributed by atoms with Gasteiger partial charge in [0.2, 0.25) is 0 Å². The maximum absolute atomic E-state index is 11.8. The van der Waals surface area contributed by atoms with Crippen molar-refractivity contribution in [3.63, 3.8) is 0 Å². The summed E-state index contributed by atoms with van der Waals surface area (Å²) in [6.45, 7) is 1.60. The van der Waals surface area contributed by atoms with Gasteiger partial charge in [0.25, 0.3) is 0 Å². The van der Waals surface area contributed by atoms with Gasteiger partial charge >= 0.3 is 0 Å². The summed E-state index contributed by atoms with van der Waals surface area (Å²) >= 11 is 0. The second-order valence-electron chi connectivity index (χ2n) is 2.35. The minimum atomic E-state index is -0.423. The first-order chi connectivity index (χ1) is 5.27. The van der Waals surface area contributed by atoms with Gasteiger partial charge in [-0.15, -0.1) is 0 Å². The number of aromatic nitrogens is 2. The largest absolute Gasteiger partial charge is 0.390 e. The highest BCUT2D eigenvalue weighted by Gasteiger charge is 2.01. The van der Waals surface area contributed by atoms with E-state index in [0.717, 1.165) is 5.69 Å². The van der Waals surface area contributed by atoms with E-state index in [4.69, 9.17) is 5.11 Å². The van der Waals surface area contributed by atoms with Gasteiger partial charge in [-0.05, 0) is 13.0 Å². The van der Waals surface area contributed by atoms with Crippen LogP contribution in [0.3, 0.4) is 0 Å². The highest BCUT2D eigenvalue weighted by molar-refractivity contribution is 5.07. The molecule has 0 radical (unpaired) electrons. The number of aliphatic hydroxyl groups excluding tert-OH is 1. The van der Waals surface area contributed by atoms with E-state index in [1.807, 2.05) is 6.92 Å². The fourth-order valence-corrected chi connectivity index (χ4v) is 0.962. The van der Waals surface area contributed by atoms with E-state index < -0.39 is 6.67 Å². The lowest BCUT2D eigenvalue weighted by Crippen LogP contribution is -2.03. The molecule has 1 rings (SSSR count).